The Hall–Kier alpha value is -4.74. The zero-order valence-corrected chi connectivity index (χ0v) is 36.7. The van der Waals surface area contributed by atoms with E-state index >= 15 is 0 Å². The number of aliphatic hydroxyl groups excluding tert-OH is 2. The molecule has 1 aromatic carbocycles. The fourth-order valence-electron chi connectivity index (χ4n) is 11.8. The monoisotopic (exact) mass is 853 g/mol. The molecule has 0 radical (unpaired) electrons. The highest BCUT2D eigenvalue weighted by atomic mass is 32.1. The molecule has 3 aromatic heterocycles. The third-order valence-corrected chi connectivity index (χ3v) is 14.2. The van der Waals surface area contributed by atoms with Crippen LogP contribution in [0.2, 0.25) is 0 Å². The number of benzene rings is 1. The molecular formula is C45H59N9O6S. The van der Waals surface area contributed by atoms with Gasteiger partial charge in [-0.15, -0.1) is 10.2 Å². The molecule has 16 heteroatoms. The van der Waals surface area contributed by atoms with Gasteiger partial charge in [0, 0.05) is 59.9 Å². The normalized spacial score (nSPS) is 26.4. The molecule has 326 valence electrons. The van der Waals surface area contributed by atoms with Gasteiger partial charge in [-0.05, 0) is 119 Å². The largest absolute Gasteiger partial charge is 0.497 e. The molecule has 3 atom stereocenters. The lowest BCUT2D eigenvalue weighted by Gasteiger charge is -2.69. The zero-order valence-electron chi connectivity index (χ0n) is 35.9. The van der Waals surface area contributed by atoms with Crippen LogP contribution in [0.1, 0.15) is 99.3 Å². The number of aliphatic imine (C=N–C) groups is 1. The van der Waals surface area contributed by atoms with Crippen molar-refractivity contribution < 1.29 is 29.6 Å². The third-order valence-electron chi connectivity index (χ3n) is 13.3. The first-order chi connectivity index (χ1) is 29.2. The number of allylic oxidation sites excluding steroid dienone is 1. The van der Waals surface area contributed by atoms with Crippen LogP contribution in [0.5, 0.6) is 5.75 Å². The Kier molecular flexibility index (Phi) is 11.9. The number of rotatable bonds is 17. The molecule has 5 aliphatic rings. The number of aromatic nitrogens is 4. The summed E-state index contributed by atoms with van der Waals surface area (Å²) in [5.41, 5.74) is 10.6. The molecule has 7 N–H and O–H groups in total. The molecule has 4 saturated carbocycles. The van der Waals surface area contributed by atoms with E-state index in [0.29, 0.717) is 78.6 Å². The zero-order chi connectivity index (χ0) is 43.2. The number of methoxy groups -OCH3 is 1. The first kappa shape index (κ1) is 42.9. The second-order valence-electron chi connectivity index (χ2n) is 18.6. The number of hydrogen-bond acceptors (Lipinski definition) is 15. The van der Waals surface area contributed by atoms with Crippen molar-refractivity contribution in [2.24, 2.45) is 27.0 Å². The Bertz CT molecular complexity index is 2350. The van der Waals surface area contributed by atoms with Crippen molar-refractivity contribution in [3.63, 3.8) is 0 Å². The first-order valence-corrected chi connectivity index (χ1v) is 22.2. The summed E-state index contributed by atoms with van der Waals surface area (Å²) < 4.78 is 13.2. The Morgan fingerprint density at radius 3 is 2.59 bits per heavy atom. The summed E-state index contributed by atoms with van der Waals surface area (Å²) in [7, 11) is 1.63. The Labute approximate surface area is 360 Å². The second-order valence-corrected chi connectivity index (χ2v) is 19.7. The minimum atomic E-state index is -1.16. The number of aromatic carboxylic acids is 1. The van der Waals surface area contributed by atoms with Crippen molar-refractivity contribution >= 4 is 61.4 Å². The van der Waals surface area contributed by atoms with E-state index in [2.05, 4.69) is 34.7 Å². The molecular weight excluding hydrogens is 795 g/mol. The quantitative estimate of drug-likeness (QED) is 0.0491. The number of pyridine rings is 1. The number of ether oxygens (including phenoxy) is 2. The van der Waals surface area contributed by atoms with Gasteiger partial charge in [0.05, 0.1) is 42.2 Å². The lowest BCUT2D eigenvalue weighted by molar-refractivity contribution is -0.241. The fraction of sp³-hybridized carbons (Fsp3) is 0.556. The molecule has 1 aliphatic heterocycles. The van der Waals surface area contributed by atoms with Crippen molar-refractivity contribution in [1.82, 2.24) is 25.5 Å². The molecule has 0 saturated heterocycles. The van der Waals surface area contributed by atoms with Crippen molar-refractivity contribution in [2.45, 2.75) is 97.2 Å². The van der Waals surface area contributed by atoms with E-state index in [1.807, 2.05) is 43.0 Å². The van der Waals surface area contributed by atoms with Gasteiger partial charge >= 0.3 is 5.97 Å². The highest BCUT2D eigenvalue weighted by Crippen LogP contribution is 2.71. The molecule has 15 nitrogen and oxygen atoms in total. The Morgan fingerprint density at radius 1 is 1.08 bits per heavy atom. The number of nitrogens with two attached hydrogens (primary N) is 1. The number of fused-ring (bicyclic) bond motifs is 2. The molecule has 0 amide bonds. The topological polar surface area (TPSA) is 213 Å². The van der Waals surface area contributed by atoms with Crippen LogP contribution in [0.4, 0.5) is 22.6 Å². The lowest BCUT2D eigenvalue weighted by Crippen LogP contribution is -2.64. The van der Waals surface area contributed by atoms with Crippen LogP contribution in [0.25, 0.3) is 15.8 Å². The van der Waals surface area contributed by atoms with E-state index < -0.39 is 12.1 Å². The predicted octanol–water partition coefficient (Wildman–Crippen LogP) is 6.55. The van der Waals surface area contributed by atoms with Crippen LogP contribution in [-0.2, 0) is 11.2 Å². The van der Waals surface area contributed by atoms with E-state index in [4.69, 9.17) is 35.3 Å². The van der Waals surface area contributed by atoms with Gasteiger partial charge in [0.2, 0.25) is 0 Å². The summed E-state index contributed by atoms with van der Waals surface area (Å²) in [6, 6.07) is 9.42. The summed E-state index contributed by atoms with van der Waals surface area (Å²) >= 11 is 1.53. The van der Waals surface area contributed by atoms with E-state index in [1.165, 1.54) is 24.0 Å². The number of carbonyl (C=O) groups is 1. The van der Waals surface area contributed by atoms with Crippen LogP contribution in [0, 0.1) is 23.2 Å². The minimum Gasteiger partial charge on any atom is -0.497 e. The van der Waals surface area contributed by atoms with Crippen molar-refractivity contribution in [2.75, 3.05) is 56.7 Å². The number of anilines is 4. The predicted molar refractivity (Wildman–Crippen MR) is 238 cm³/mol. The van der Waals surface area contributed by atoms with Gasteiger partial charge in [0.15, 0.2) is 22.5 Å². The maximum atomic E-state index is 12.9. The molecule has 2 unspecified atom stereocenters. The molecule has 0 spiro atoms. The van der Waals surface area contributed by atoms with Gasteiger partial charge in [-0.2, -0.15) is 0 Å². The van der Waals surface area contributed by atoms with Crippen LogP contribution in [0.15, 0.2) is 41.5 Å². The SMILES string of the molecule is COc1ccc2sc(Nc3nnc4c(c3C)CCCN4c3ccc(C(=CN)C(C)=NCC45CC6(C)CC(C)(C4)CC(OCCNCC[C@H](O)CO)(C6)C5)c(C(=O)O)n3)nc2c1. The van der Waals surface area contributed by atoms with E-state index in [1.54, 1.807) is 13.2 Å². The summed E-state index contributed by atoms with van der Waals surface area (Å²) in [6.45, 7) is 11.6. The van der Waals surface area contributed by atoms with E-state index in [9.17, 15) is 15.0 Å². The number of nitrogens with one attached hydrogen (secondary N) is 2. The average Bonchev–Trinajstić information content (AvgIpc) is 3.62. The number of thiazole rings is 1. The summed E-state index contributed by atoms with van der Waals surface area (Å²) in [5, 5.41) is 46.0. The lowest BCUT2D eigenvalue weighted by atomic mass is 9.39. The van der Waals surface area contributed by atoms with Crippen molar-refractivity contribution in [3.05, 3.63) is 58.9 Å². The van der Waals surface area contributed by atoms with Gasteiger partial charge in [-0.1, -0.05) is 25.2 Å². The Balaban J connectivity index is 0.993. The van der Waals surface area contributed by atoms with Crippen LogP contribution < -0.4 is 26.0 Å². The van der Waals surface area contributed by atoms with Crippen molar-refractivity contribution in [1.29, 1.82) is 0 Å². The highest BCUT2D eigenvalue weighted by molar-refractivity contribution is 7.22. The number of aliphatic hydroxyl groups is 2. The maximum Gasteiger partial charge on any atom is 0.355 e. The van der Waals surface area contributed by atoms with Crippen molar-refractivity contribution in [3.8, 4) is 5.75 Å². The number of nitrogens with zero attached hydrogens (tertiary/aromatic N) is 6. The highest BCUT2D eigenvalue weighted by Gasteiger charge is 2.66. The van der Waals surface area contributed by atoms with Gasteiger partial charge in [0.1, 0.15) is 11.6 Å². The number of carboxylic acid groups (broad SMARTS) is 1. The second kappa shape index (κ2) is 16.9. The molecule has 9 rings (SSSR count). The maximum absolute atomic E-state index is 12.9. The van der Waals surface area contributed by atoms with Gasteiger partial charge in [-0.3, -0.25) is 4.99 Å². The molecule has 4 aliphatic carbocycles. The van der Waals surface area contributed by atoms with E-state index in [-0.39, 0.29) is 34.1 Å². The summed E-state index contributed by atoms with van der Waals surface area (Å²) in [5.74, 6) is 1.33. The number of carboxylic acids is 1. The molecule has 4 aromatic rings. The van der Waals surface area contributed by atoms with Gasteiger partial charge in [-0.25, -0.2) is 14.8 Å². The molecule has 4 heterocycles. The van der Waals surface area contributed by atoms with Gasteiger partial charge in [0.25, 0.3) is 0 Å². The molecule has 4 fully saturated rings. The first-order valence-electron chi connectivity index (χ1n) is 21.4. The van der Waals surface area contributed by atoms with Gasteiger partial charge < -0.3 is 46.1 Å². The number of hydrogen-bond donors (Lipinski definition) is 6. The summed E-state index contributed by atoms with van der Waals surface area (Å²) in [4.78, 5) is 29.5. The molecule has 4 bridgehead atoms. The van der Waals surface area contributed by atoms with Crippen LogP contribution in [-0.4, -0.2) is 105 Å². The standard InChI is InChI=1S/C45H59N9O6S/c1-27-31-7-6-15-54(39(31)53-52-38(27)51-41-49-34-17-30(59-5)8-10-35(34)61-41)36-11-9-32(37(50-36)40(57)58)33(18-46)28(2)48-26-44-21-42(3)20-43(4,22-44)24-45(23-42,25-44)60-16-14-47-13-12-29(56)19-55/h8-11,17-18,29,47,55-56H,6-7,12-16,19-26,46H2,1-5H3,(H,57,58)(H,49,51,52)/t29-,42?,43?,44?,45?/m0/s1. The smallest absolute Gasteiger partial charge is 0.355 e. The van der Waals surface area contributed by atoms with Crippen LogP contribution in [0.3, 0.4) is 0 Å². The third kappa shape index (κ3) is 8.70. The molecule has 61 heavy (non-hydrogen) atoms. The minimum absolute atomic E-state index is 0.0473. The van der Waals surface area contributed by atoms with Crippen LogP contribution >= 0.6 is 11.3 Å². The average molecular weight is 854 g/mol. The Morgan fingerprint density at radius 2 is 1.87 bits per heavy atom. The fourth-order valence-corrected chi connectivity index (χ4v) is 12.7. The summed E-state index contributed by atoms with van der Waals surface area (Å²) in [6.07, 6.45) is 9.16. The van der Waals surface area contributed by atoms with E-state index in [0.717, 1.165) is 72.0 Å².